The lowest BCUT2D eigenvalue weighted by Crippen LogP contribution is -2.17. The second-order valence-electron chi connectivity index (χ2n) is 6.76. The van der Waals surface area contributed by atoms with E-state index in [4.69, 9.17) is 0 Å². The van der Waals surface area contributed by atoms with Gasteiger partial charge in [-0.1, -0.05) is 42.5 Å². The van der Waals surface area contributed by atoms with Crippen molar-refractivity contribution in [3.8, 4) is 0 Å². The molecule has 1 amide bonds. The molecule has 0 fully saturated rings. The third-order valence-corrected chi connectivity index (χ3v) is 4.71. The number of rotatable bonds is 5. The summed E-state index contributed by atoms with van der Waals surface area (Å²) >= 11 is 0. The normalized spacial score (nSPS) is 10.4. The largest absolute Gasteiger partial charge is 0.322 e. The molecular weight excluding hydrogens is 350 g/mol. The third-order valence-electron chi connectivity index (χ3n) is 4.71. The van der Waals surface area contributed by atoms with Gasteiger partial charge in [0.05, 0.1) is 5.56 Å². The van der Waals surface area contributed by atoms with E-state index in [1.54, 1.807) is 54.6 Å². The summed E-state index contributed by atoms with van der Waals surface area (Å²) in [5, 5.41) is 2.78. The Morgan fingerprint density at radius 3 is 2.11 bits per heavy atom. The first kappa shape index (κ1) is 19.2. The lowest BCUT2D eigenvalue weighted by atomic mass is 9.95. The highest BCUT2D eigenvalue weighted by Crippen LogP contribution is 2.19. The molecule has 0 atom stereocenters. The molecule has 0 aliphatic carbocycles. The third kappa shape index (κ3) is 4.07. The zero-order valence-corrected chi connectivity index (χ0v) is 16.1. The van der Waals surface area contributed by atoms with Crippen LogP contribution in [0.3, 0.4) is 0 Å². The molecule has 3 rings (SSSR count). The van der Waals surface area contributed by atoms with Crippen molar-refractivity contribution in [3.63, 3.8) is 0 Å². The molecule has 4 heteroatoms. The highest BCUT2D eigenvalue weighted by Gasteiger charge is 2.18. The van der Waals surface area contributed by atoms with E-state index in [2.05, 4.69) is 5.32 Å². The summed E-state index contributed by atoms with van der Waals surface area (Å²) in [7, 11) is 0. The Labute approximate surface area is 164 Å². The maximum absolute atomic E-state index is 13.0. The van der Waals surface area contributed by atoms with E-state index in [1.807, 2.05) is 26.0 Å². The predicted octanol–water partition coefficient (Wildman–Crippen LogP) is 4.99. The number of hydrogen-bond donors (Lipinski definition) is 1. The van der Waals surface area contributed by atoms with Crippen LogP contribution in [0.1, 0.15) is 54.7 Å². The first-order valence-electron chi connectivity index (χ1n) is 9.00. The number of carbonyl (C=O) groups is 3. The van der Waals surface area contributed by atoms with Crippen molar-refractivity contribution in [2.45, 2.75) is 20.8 Å². The number of aryl methyl sites for hydroxylation is 2. The molecule has 4 nitrogen and oxygen atoms in total. The van der Waals surface area contributed by atoms with E-state index in [-0.39, 0.29) is 11.6 Å². The van der Waals surface area contributed by atoms with Crippen LogP contribution in [0.2, 0.25) is 0 Å². The Morgan fingerprint density at radius 1 is 0.714 bits per heavy atom. The number of carbonyl (C=O) groups excluding carboxylic acids is 3. The van der Waals surface area contributed by atoms with Gasteiger partial charge in [-0.05, 0) is 56.2 Å². The summed E-state index contributed by atoms with van der Waals surface area (Å²) in [4.78, 5) is 37.4. The summed E-state index contributed by atoms with van der Waals surface area (Å²) < 4.78 is 0. The highest BCUT2D eigenvalue weighted by atomic mass is 16.2. The second kappa shape index (κ2) is 8.01. The standard InChI is InChI=1S/C24H21NO3/c1-15-11-12-19(13-16(15)2)23(27)21-9-4-5-10-22(21)24(28)25-20-8-6-7-18(14-20)17(3)26/h4-14H,1-3H3,(H,25,28). The molecule has 0 bridgehead atoms. The minimum Gasteiger partial charge on any atom is -0.322 e. The maximum Gasteiger partial charge on any atom is 0.256 e. The van der Waals surface area contributed by atoms with Gasteiger partial charge < -0.3 is 5.32 Å². The lowest BCUT2D eigenvalue weighted by molar-refractivity contribution is 0.0995. The van der Waals surface area contributed by atoms with E-state index in [1.165, 1.54) is 6.92 Å². The molecule has 0 heterocycles. The zero-order valence-electron chi connectivity index (χ0n) is 16.1. The number of ketones is 2. The summed E-state index contributed by atoms with van der Waals surface area (Å²) in [5.74, 6) is -0.679. The van der Waals surface area contributed by atoms with E-state index >= 15 is 0 Å². The van der Waals surface area contributed by atoms with Crippen molar-refractivity contribution in [3.05, 3.63) is 100 Å². The van der Waals surface area contributed by atoms with Gasteiger partial charge in [-0.3, -0.25) is 14.4 Å². The fourth-order valence-corrected chi connectivity index (χ4v) is 2.93. The molecule has 0 saturated carbocycles. The molecule has 0 unspecified atom stereocenters. The van der Waals surface area contributed by atoms with E-state index < -0.39 is 5.91 Å². The van der Waals surface area contributed by atoms with Gasteiger partial charge in [0.25, 0.3) is 5.91 Å². The summed E-state index contributed by atoms with van der Waals surface area (Å²) in [6.07, 6.45) is 0. The molecule has 0 aliphatic rings. The highest BCUT2D eigenvalue weighted by molar-refractivity contribution is 6.17. The molecule has 3 aromatic rings. The first-order chi connectivity index (χ1) is 13.4. The minimum atomic E-state index is -0.395. The van der Waals surface area contributed by atoms with Gasteiger partial charge in [0.15, 0.2) is 11.6 Å². The van der Waals surface area contributed by atoms with Crippen molar-refractivity contribution < 1.29 is 14.4 Å². The number of amides is 1. The smallest absolute Gasteiger partial charge is 0.256 e. The van der Waals surface area contributed by atoms with Crippen LogP contribution in [-0.2, 0) is 0 Å². The van der Waals surface area contributed by atoms with Gasteiger partial charge in [-0.15, -0.1) is 0 Å². The average Bonchev–Trinajstić information content (AvgIpc) is 2.69. The fourth-order valence-electron chi connectivity index (χ4n) is 2.93. The molecule has 1 N–H and O–H groups in total. The Hall–Kier alpha value is -3.53. The number of Topliss-reactive ketones (excluding diaryl/α,β-unsaturated/α-hetero) is 1. The molecular formula is C24H21NO3. The molecule has 0 aliphatic heterocycles. The van der Waals surface area contributed by atoms with E-state index in [0.29, 0.717) is 27.9 Å². The van der Waals surface area contributed by atoms with Gasteiger partial charge in [0.1, 0.15) is 0 Å². The Bertz CT molecular complexity index is 1080. The summed E-state index contributed by atoms with van der Waals surface area (Å²) in [6, 6.07) is 19.0. The zero-order chi connectivity index (χ0) is 20.3. The van der Waals surface area contributed by atoms with Crippen molar-refractivity contribution in [2.24, 2.45) is 0 Å². The van der Waals surface area contributed by atoms with Crippen LogP contribution < -0.4 is 5.32 Å². The number of hydrogen-bond acceptors (Lipinski definition) is 3. The van der Waals surface area contributed by atoms with Crippen LogP contribution in [-0.4, -0.2) is 17.5 Å². The van der Waals surface area contributed by atoms with Crippen LogP contribution in [0.4, 0.5) is 5.69 Å². The molecule has 140 valence electrons. The number of anilines is 1. The first-order valence-corrected chi connectivity index (χ1v) is 9.00. The van der Waals surface area contributed by atoms with Gasteiger partial charge in [-0.25, -0.2) is 0 Å². The maximum atomic E-state index is 13.0. The van der Waals surface area contributed by atoms with Gasteiger partial charge >= 0.3 is 0 Å². The van der Waals surface area contributed by atoms with Gasteiger partial charge in [0.2, 0.25) is 0 Å². The van der Waals surface area contributed by atoms with E-state index in [0.717, 1.165) is 11.1 Å². The Kier molecular flexibility index (Phi) is 5.50. The topological polar surface area (TPSA) is 63.2 Å². The van der Waals surface area contributed by atoms with Crippen LogP contribution in [0.5, 0.6) is 0 Å². The number of benzene rings is 3. The Balaban J connectivity index is 1.92. The van der Waals surface area contributed by atoms with Crippen molar-refractivity contribution in [1.29, 1.82) is 0 Å². The lowest BCUT2D eigenvalue weighted by Gasteiger charge is -2.11. The van der Waals surface area contributed by atoms with Crippen LogP contribution in [0.15, 0.2) is 66.7 Å². The Morgan fingerprint density at radius 2 is 1.43 bits per heavy atom. The monoisotopic (exact) mass is 371 g/mol. The quantitative estimate of drug-likeness (QED) is 0.643. The molecule has 0 spiro atoms. The molecule has 0 radical (unpaired) electrons. The van der Waals surface area contributed by atoms with Crippen LogP contribution >= 0.6 is 0 Å². The summed E-state index contributed by atoms with van der Waals surface area (Å²) in [5.41, 5.74) is 4.32. The minimum absolute atomic E-state index is 0.0820. The van der Waals surface area contributed by atoms with Crippen molar-refractivity contribution >= 4 is 23.2 Å². The van der Waals surface area contributed by atoms with Gasteiger partial charge in [0, 0.05) is 22.4 Å². The fraction of sp³-hybridized carbons (Fsp3) is 0.125. The van der Waals surface area contributed by atoms with E-state index in [9.17, 15) is 14.4 Å². The SMILES string of the molecule is CC(=O)c1cccc(NC(=O)c2ccccc2C(=O)c2ccc(C)c(C)c2)c1. The molecule has 3 aromatic carbocycles. The van der Waals surface area contributed by atoms with Crippen LogP contribution in [0.25, 0.3) is 0 Å². The van der Waals surface area contributed by atoms with Crippen LogP contribution in [0, 0.1) is 13.8 Å². The predicted molar refractivity (Wildman–Crippen MR) is 110 cm³/mol. The number of nitrogens with one attached hydrogen (secondary N) is 1. The van der Waals surface area contributed by atoms with Gasteiger partial charge in [-0.2, -0.15) is 0 Å². The second-order valence-corrected chi connectivity index (χ2v) is 6.76. The van der Waals surface area contributed by atoms with Crippen molar-refractivity contribution in [2.75, 3.05) is 5.32 Å². The average molecular weight is 371 g/mol. The van der Waals surface area contributed by atoms with Crippen molar-refractivity contribution in [1.82, 2.24) is 0 Å². The summed E-state index contributed by atoms with van der Waals surface area (Å²) in [6.45, 7) is 5.41. The molecule has 28 heavy (non-hydrogen) atoms. The molecule has 0 aromatic heterocycles. The molecule has 0 saturated heterocycles.